The summed E-state index contributed by atoms with van der Waals surface area (Å²) < 4.78 is 25.8. The van der Waals surface area contributed by atoms with E-state index in [1.54, 1.807) is 0 Å². The summed E-state index contributed by atoms with van der Waals surface area (Å²) in [5.74, 6) is -1.72. The Morgan fingerprint density at radius 3 is 2.71 bits per heavy atom. The van der Waals surface area contributed by atoms with Crippen LogP contribution in [0.3, 0.4) is 0 Å². The molecule has 1 aliphatic carbocycles. The summed E-state index contributed by atoms with van der Waals surface area (Å²) in [7, 11) is 0. The third-order valence-electron chi connectivity index (χ3n) is 2.68. The molecule has 4 heteroatoms. The lowest BCUT2D eigenvalue weighted by atomic mass is 10.1. The molecule has 0 radical (unpaired) electrons. The van der Waals surface area contributed by atoms with Crippen molar-refractivity contribution < 1.29 is 13.9 Å². The number of nitrogens with two attached hydrogens (primary N) is 1. The molecule has 3 N–H and O–H groups in total. The summed E-state index contributed by atoms with van der Waals surface area (Å²) in [6.07, 6.45) is 0.799. The first kappa shape index (κ1) is 9.40. The van der Waals surface area contributed by atoms with E-state index in [2.05, 4.69) is 0 Å². The van der Waals surface area contributed by atoms with Crippen molar-refractivity contribution in [2.75, 3.05) is 6.54 Å². The van der Waals surface area contributed by atoms with Crippen molar-refractivity contribution in [2.24, 2.45) is 11.7 Å². The minimum atomic E-state index is -0.900. The number of phenols is 1. The van der Waals surface area contributed by atoms with Crippen molar-refractivity contribution in [3.63, 3.8) is 0 Å². The first-order chi connectivity index (χ1) is 6.63. The Labute approximate surface area is 80.4 Å². The number of rotatable bonds is 2. The van der Waals surface area contributed by atoms with Crippen LogP contribution >= 0.6 is 0 Å². The molecule has 1 aromatic rings. The van der Waals surface area contributed by atoms with Gasteiger partial charge in [-0.1, -0.05) is 0 Å². The molecule has 2 atom stereocenters. The Morgan fingerprint density at radius 1 is 1.43 bits per heavy atom. The molecule has 0 spiro atoms. The van der Waals surface area contributed by atoms with Gasteiger partial charge in [0.1, 0.15) is 5.82 Å². The lowest BCUT2D eigenvalue weighted by Gasteiger charge is -2.04. The van der Waals surface area contributed by atoms with Gasteiger partial charge in [0.15, 0.2) is 11.6 Å². The molecule has 1 saturated carbocycles. The van der Waals surface area contributed by atoms with Crippen LogP contribution in [0.4, 0.5) is 8.78 Å². The van der Waals surface area contributed by atoms with Gasteiger partial charge in [0.2, 0.25) is 0 Å². The Balaban J connectivity index is 2.34. The maximum atomic E-state index is 12.9. The molecule has 76 valence electrons. The molecule has 1 aliphatic rings. The molecular formula is C10H11F2NO. The standard InChI is InChI=1S/C10H11F2NO/c11-6-2-8(7-1-5(7)4-13)10(14)9(12)3-6/h2-3,5,7,14H,1,4,13H2/t5-,7+/m0/s1. The second-order valence-corrected chi connectivity index (χ2v) is 3.66. The van der Waals surface area contributed by atoms with Gasteiger partial charge < -0.3 is 10.8 Å². The van der Waals surface area contributed by atoms with Crippen LogP contribution in [0.15, 0.2) is 12.1 Å². The highest BCUT2D eigenvalue weighted by Gasteiger charge is 2.39. The van der Waals surface area contributed by atoms with E-state index in [0.717, 1.165) is 6.42 Å². The van der Waals surface area contributed by atoms with E-state index in [0.29, 0.717) is 18.2 Å². The predicted molar refractivity (Wildman–Crippen MR) is 47.9 cm³/mol. The van der Waals surface area contributed by atoms with Crippen molar-refractivity contribution in [3.8, 4) is 5.75 Å². The number of hydrogen-bond acceptors (Lipinski definition) is 2. The van der Waals surface area contributed by atoms with Crippen LogP contribution in [-0.2, 0) is 0 Å². The van der Waals surface area contributed by atoms with E-state index in [4.69, 9.17) is 5.73 Å². The normalized spacial score (nSPS) is 25.1. The minimum Gasteiger partial charge on any atom is -0.505 e. The average molecular weight is 199 g/mol. The zero-order valence-electron chi connectivity index (χ0n) is 7.50. The van der Waals surface area contributed by atoms with E-state index in [1.165, 1.54) is 6.07 Å². The maximum absolute atomic E-state index is 12.9. The molecule has 0 aromatic heterocycles. The zero-order valence-corrected chi connectivity index (χ0v) is 7.50. The Bertz CT molecular complexity index is 367. The lowest BCUT2D eigenvalue weighted by Crippen LogP contribution is -2.02. The van der Waals surface area contributed by atoms with Crippen molar-refractivity contribution in [3.05, 3.63) is 29.3 Å². The van der Waals surface area contributed by atoms with Crippen molar-refractivity contribution in [2.45, 2.75) is 12.3 Å². The predicted octanol–water partition coefficient (Wildman–Crippen LogP) is 1.73. The highest BCUT2D eigenvalue weighted by Crippen LogP contribution is 2.50. The fraction of sp³-hybridized carbons (Fsp3) is 0.400. The lowest BCUT2D eigenvalue weighted by molar-refractivity contribution is 0.420. The highest BCUT2D eigenvalue weighted by atomic mass is 19.1. The topological polar surface area (TPSA) is 46.2 Å². The van der Waals surface area contributed by atoms with Crippen molar-refractivity contribution in [1.29, 1.82) is 0 Å². The van der Waals surface area contributed by atoms with E-state index in [1.807, 2.05) is 0 Å². The van der Waals surface area contributed by atoms with Gasteiger partial charge in [-0.3, -0.25) is 0 Å². The van der Waals surface area contributed by atoms with E-state index in [9.17, 15) is 13.9 Å². The summed E-state index contributed by atoms with van der Waals surface area (Å²) in [5, 5.41) is 9.36. The molecule has 0 aliphatic heterocycles. The van der Waals surface area contributed by atoms with Gasteiger partial charge in [0.05, 0.1) is 0 Å². The first-order valence-electron chi connectivity index (χ1n) is 4.51. The molecule has 0 heterocycles. The van der Waals surface area contributed by atoms with Gasteiger partial charge in [0, 0.05) is 11.6 Å². The SMILES string of the molecule is NC[C@@H]1C[C@H]1c1cc(F)cc(F)c1O. The molecule has 14 heavy (non-hydrogen) atoms. The number of hydrogen-bond donors (Lipinski definition) is 2. The Kier molecular flexibility index (Phi) is 2.15. The van der Waals surface area contributed by atoms with E-state index >= 15 is 0 Å². The highest BCUT2D eigenvalue weighted by molar-refractivity contribution is 5.40. The van der Waals surface area contributed by atoms with Gasteiger partial charge >= 0.3 is 0 Å². The minimum absolute atomic E-state index is 0.0187. The second-order valence-electron chi connectivity index (χ2n) is 3.66. The fourth-order valence-electron chi connectivity index (χ4n) is 1.76. The summed E-state index contributed by atoms with van der Waals surface area (Å²) >= 11 is 0. The fourth-order valence-corrected chi connectivity index (χ4v) is 1.76. The van der Waals surface area contributed by atoms with E-state index in [-0.39, 0.29) is 11.8 Å². The molecule has 1 fully saturated rings. The van der Waals surface area contributed by atoms with Gasteiger partial charge in [0.25, 0.3) is 0 Å². The van der Waals surface area contributed by atoms with Crippen LogP contribution in [0.2, 0.25) is 0 Å². The van der Waals surface area contributed by atoms with Gasteiger partial charge in [-0.05, 0) is 30.9 Å². The second kappa shape index (κ2) is 3.20. The number of aromatic hydroxyl groups is 1. The van der Waals surface area contributed by atoms with E-state index < -0.39 is 17.4 Å². The zero-order chi connectivity index (χ0) is 10.3. The van der Waals surface area contributed by atoms with Gasteiger partial charge in [-0.2, -0.15) is 0 Å². The third kappa shape index (κ3) is 1.46. The number of benzene rings is 1. The third-order valence-corrected chi connectivity index (χ3v) is 2.68. The summed E-state index contributed by atoms with van der Waals surface area (Å²) in [6.45, 7) is 0.488. The van der Waals surface area contributed by atoms with Crippen LogP contribution in [-0.4, -0.2) is 11.7 Å². The molecule has 0 amide bonds. The molecule has 0 saturated heterocycles. The van der Waals surface area contributed by atoms with Gasteiger partial charge in [-0.15, -0.1) is 0 Å². The van der Waals surface area contributed by atoms with Crippen LogP contribution in [0, 0.1) is 17.6 Å². The smallest absolute Gasteiger partial charge is 0.168 e. The quantitative estimate of drug-likeness (QED) is 0.762. The molecule has 2 rings (SSSR count). The maximum Gasteiger partial charge on any atom is 0.168 e. The van der Waals surface area contributed by atoms with Crippen LogP contribution < -0.4 is 5.73 Å². The molecule has 0 bridgehead atoms. The Hall–Kier alpha value is -1.16. The van der Waals surface area contributed by atoms with Crippen LogP contribution in [0.5, 0.6) is 5.75 Å². The summed E-state index contributed by atoms with van der Waals surface area (Å²) in [4.78, 5) is 0. The van der Waals surface area contributed by atoms with Crippen LogP contribution in [0.25, 0.3) is 0 Å². The number of phenolic OH excluding ortho intramolecular Hbond substituents is 1. The van der Waals surface area contributed by atoms with Crippen molar-refractivity contribution >= 4 is 0 Å². The monoisotopic (exact) mass is 199 g/mol. The summed E-state index contributed by atoms with van der Waals surface area (Å²) in [6, 6.07) is 1.86. The molecule has 2 nitrogen and oxygen atoms in total. The van der Waals surface area contributed by atoms with Crippen LogP contribution in [0.1, 0.15) is 17.9 Å². The first-order valence-corrected chi connectivity index (χ1v) is 4.51. The largest absolute Gasteiger partial charge is 0.505 e. The van der Waals surface area contributed by atoms with Crippen molar-refractivity contribution in [1.82, 2.24) is 0 Å². The number of halogens is 2. The molecular weight excluding hydrogens is 188 g/mol. The molecule has 1 aromatic carbocycles. The molecule has 0 unspecified atom stereocenters. The van der Waals surface area contributed by atoms with Gasteiger partial charge in [-0.25, -0.2) is 8.78 Å². The average Bonchev–Trinajstić information content (AvgIpc) is 2.90. The summed E-state index contributed by atoms with van der Waals surface area (Å²) in [5.41, 5.74) is 5.76. The Morgan fingerprint density at radius 2 is 2.14 bits per heavy atom.